The van der Waals surface area contributed by atoms with Crippen LogP contribution >= 0.6 is 11.8 Å². The maximum atomic E-state index is 13.1. The predicted molar refractivity (Wildman–Crippen MR) is 129 cm³/mol. The van der Waals surface area contributed by atoms with Gasteiger partial charge in [0.05, 0.1) is 16.3 Å². The van der Waals surface area contributed by atoms with Crippen molar-refractivity contribution >= 4 is 39.3 Å². The van der Waals surface area contributed by atoms with Gasteiger partial charge >= 0.3 is 57.4 Å². The van der Waals surface area contributed by atoms with Gasteiger partial charge in [0.2, 0.25) is 5.16 Å². The van der Waals surface area contributed by atoms with Crippen molar-refractivity contribution in [2.24, 2.45) is 4.99 Å². The molecule has 1 atom stereocenters. The van der Waals surface area contributed by atoms with Crippen molar-refractivity contribution < 1.29 is 69.1 Å². The number of hydrogen-bond donors (Lipinski definition) is 0. The summed E-state index contributed by atoms with van der Waals surface area (Å²) in [6.07, 6.45) is 0. The Morgan fingerprint density at radius 1 is 0.917 bits per heavy atom. The van der Waals surface area contributed by atoms with Crippen LogP contribution < -0.4 is 56.3 Å². The number of urea groups is 1. The van der Waals surface area contributed by atoms with Crippen LogP contribution in [0.5, 0.6) is 0 Å². The number of aliphatic imine (C=N–C) groups is 1. The normalized spacial score (nSPS) is 15.5. The van der Waals surface area contributed by atoms with Crippen LogP contribution in [0.2, 0.25) is 0 Å². The third-order valence-electron chi connectivity index (χ3n) is 5.30. The van der Waals surface area contributed by atoms with Gasteiger partial charge < -0.3 is 4.55 Å². The largest absolute Gasteiger partial charge is 1.00 e. The first kappa shape index (κ1) is 26.8. The average molecular weight is 545 g/mol. The molecule has 2 heterocycles. The van der Waals surface area contributed by atoms with Crippen molar-refractivity contribution in [1.82, 2.24) is 20.2 Å². The summed E-state index contributed by atoms with van der Waals surface area (Å²) in [5, 5.41) is 11.8. The molecule has 0 N–H and O–H groups in total. The number of nitrogens with zero attached hydrogens (tertiary/aromatic N) is 6. The van der Waals surface area contributed by atoms with E-state index in [-0.39, 0.29) is 56.3 Å². The molecule has 0 radical (unpaired) electrons. The molecule has 0 saturated carbocycles. The number of aryl methyl sites for hydroxylation is 1. The molecular formula is C23H17KN6O4S2. The summed E-state index contributed by atoms with van der Waals surface area (Å²) < 4.78 is 35.6. The van der Waals surface area contributed by atoms with E-state index in [0.29, 0.717) is 16.6 Å². The van der Waals surface area contributed by atoms with Gasteiger partial charge in [0, 0.05) is 5.69 Å². The molecule has 3 aromatic carbocycles. The standard InChI is InChI=1S/C23H18N6O4S2.K/c1-15-7-9-16(10-8-15)20-21(34-23-25-26-27-29(23)18-5-3-2-4-6-18)28(22(30)24-20)17-11-13-19(14-12-17)35(31,32)33;/h2-14,21H,1H3,(H,31,32,33);/q;+1/p-1. The zero-order chi connectivity index (χ0) is 24.6. The van der Waals surface area contributed by atoms with E-state index in [1.807, 2.05) is 61.5 Å². The summed E-state index contributed by atoms with van der Waals surface area (Å²) >= 11 is 1.22. The number of rotatable bonds is 6. The number of carbonyl (C=O) groups excluding carboxylic acids is 1. The van der Waals surface area contributed by atoms with E-state index in [9.17, 15) is 17.8 Å². The second kappa shape index (κ2) is 11.0. The molecule has 1 unspecified atom stereocenters. The van der Waals surface area contributed by atoms with E-state index in [2.05, 4.69) is 20.5 Å². The Morgan fingerprint density at radius 3 is 2.22 bits per heavy atom. The zero-order valence-electron chi connectivity index (χ0n) is 19.2. The third-order valence-corrected chi connectivity index (χ3v) is 7.27. The van der Waals surface area contributed by atoms with Gasteiger partial charge in [-0.3, -0.25) is 4.90 Å². The minimum Gasteiger partial charge on any atom is -0.744 e. The van der Waals surface area contributed by atoms with Crippen molar-refractivity contribution in [3.8, 4) is 5.69 Å². The number of para-hydroxylation sites is 1. The molecule has 5 rings (SSSR count). The van der Waals surface area contributed by atoms with Crippen LogP contribution in [0.25, 0.3) is 5.69 Å². The second-order valence-corrected chi connectivity index (χ2v) is 10.1. The molecule has 1 aliphatic heterocycles. The molecule has 0 saturated heterocycles. The minimum absolute atomic E-state index is 0. The Labute approximate surface area is 254 Å². The Kier molecular flexibility index (Phi) is 8.21. The van der Waals surface area contributed by atoms with Gasteiger partial charge in [-0.15, -0.1) is 5.10 Å². The fourth-order valence-corrected chi connectivity index (χ4v) is 5.19. The number of benzene rings is 3. The predicted octanol–water partition coefficient (Wildman–Crippen LogP) is 0.427. The summed E-state index contributed by atoms with van der Waals surface area (Å²) in [5.41, 5.74) is 3.44. The maximum absolute atomic E-state index is 13.1. The molecule has 36 heavy (non-hydrogen) atoms. The summed E-state index contributed by atoms with van der Waals surface area (Å²) in [4.78, 5) is 18.4. The van der Waals surface area contributed by atoms with E-state index in [1.54, 1.807) is 4.68 Å². The van der Waals surface area contributed by atoms with Crippen molar-refractivity contribution in [2.75, 3.05) is 4.90 Å². The smallest absolute Gasteiger partial charge is 0.744 e. The molecule has 1 aliphatic rings. The molecule has 4 aromatic rings. The maximum Gasteiger partial charge on any atom is 1.00 e. The second-order valence-electron chi connectivity index (χ2n) is 7.64. The SMILES string of the molecule is Cc1ccc(C2=NC(=O)N(c3ccc(S(=O)(=O)[O-])cc3)C2Sc2nnnn2-c2ccccc2)cc1.[K+]. The molecule has 0 aliphatic carbocycles. The van der Waals surface area contributed by atoms with Gasteiger partial charge in [-0.25, -0.2) is 13.2 Å². The quantitative estimate of drug-likeness (QED) is 0.252. The van der Waals surface area contributed by atoms with Crippen molar-refractivity contribution in [1.29, 1.82) is 0 Å². The van der Waals surface area contributed by atoms with Crippen LogP contribution in [0.3, 0.4) is 0 Å². The first-order valence-electron chi connectivity index (χ1n) is 10.4. The number of tetrazole rings is 1. The molecule has 0 spiro atoms. The van der Waals surface area contributed by atoms with Gasteiger partial charge in [0.15, 0.2) is 0 Å². The first-order chi connectivity index (χ1) is 16.8. The molecule has 2 amide bonds. The molecule has 1 aromatic heterocycles. The van der Waals surface area contributed by atoms with Crippen molar-refractivity contribution in [3.63, 3.8) is 0 Å². The van der Waals surface area contributed by atoms with Crippen LogP contribution in [0.1, 0.15) is 11.1 Å². The van der Waals surface area contributed by atoms with E-state index >= 15 is 0 Å². The molecule has 0 bridgehead atoms. The number of aromatic nitrogens is 4. The van der Waals surface area contributed by atoms with E-state index in [4.69, 9.17) is 0 Å². The Hall–Kier alpha value is -2.23. The monoisotopic (exact) mass is 544 g/mol. The topological polar surface area (TPSA) is 133 Å². The fourth-order valence-electron chi connectivity index (χ4n) is 3.58. The molecular weight excluding hydrogens is 528 g/mol. The van der Waals surface area contributed by atoms with Crippen LogP contribution in [0, 0.1) is 6.92 Å². The Balaban J connectivity index is 0.00000304. The van der Waals surface area contributed by atoms with E-state index in [1.165, 1.54) is 40.9 Å². The fraction of sp³-hybridized carbons (Fsp3) is 0.0870. The number of thioether (sulfide) groups is 1. The number of carbonyl (C=O) groups is 1. The van der Waals surface area contributed by atoms with E-state index in [0.717, 1.165) is 16.8 Å². The third kappa shape index (κ3) is 5.53. The van der Waals surface area contributed by atoms with Crippen LogP contribution in [0.4, 0.5) is 10.5 Å². The summed E-state index contributed by atoms with van der Waals surface area (Å²) in [6.45, 7) is 1.96. The summed E-state index contributed by atoms with van der Waals surface area (Å²) in [7, 11) is -4.62. The van der Waals surface area contributed by atoms with Gasteiger partial charge in [-0.05, 0) is 59.3 Å². The zero-order valence-corrected chi connectivity index (χ0v) is 24.0. The van der Waals surface area contributed by atoms with Gasteiger partial charge in [-0.1, -0.05) is 59.8 Å². The first-order valence-corrected chi connectivity index (χ1v) is 12.7. The van der Waals surface area contributed by atoms with Gasteiger partial charge in [0.1, 0.15) is 15.5 Å². The van der Waals surface area contributed by atoms with Gasteiger partial charge in [-0.2, -0.15) is 9.67 Å². The Morgan fingerprint density at radius 2 is 1.58 bits per heavy atom. The van der Waals surface area contributed by atoms with Crippen molar-refractivity contribution in [2.45, 2.75) is 22.3 Å². The van der Waals surface area contributed by atoms with Crippen LogP contribution in [-0.4, -0.2) is 50.3 Å². The number of anilines is 1. The minimum atomic E-state index is -4.62. The number of amides is 2. The van der Waals surface area contributed by atoms with E-state index < -0.39 is 21.5 Å². The molecule has 0 fully saturated rings. The molecule has 176 valence electrons. The molecule has 13 heteroatoms. The Bertz CT molecular complexity index is 1530. The molecule has 10 nitrogen and oxygen atoms in total. The van der Waals surface area contributed by atoms with Crippen LogP contribution in [-0.2, 0) is 10.1 Å². The summed E-state index contributed by atoms with van der Waals surface area (Å²) in [6, 6.07) is 21.6. The number of hydrogen-bond acceptors (Lipinski definition) is 8. The van der Waals surface area contributed by atoms with Crippen LogP contribution in [0.15, 0.2) is 93.9 Å². The van der Waals surface area contributed by atoms with Gasteiger partial charge in [0.25, 0.3) is 0 Å². The summed E-state index contributed by atoms with van der Waals surface area (Å²) in [5.74, 6) is 0. The van der Waals surface area contributed by atoms with Crippen molar-refractivity contribution in [3.05, 3.63) is 90.0 Å². The average Bonchev–Trinajstić information content (AvgIpc) is 3.44.